The maximum Gasteiger partial charge on any atom is 0.223 e. The molecule has 0 spiro atoms. The summed E-state index contributed by atoms with van der Waals surface area (Å²) in [5, 5.41) is 0. The Kier molecular flexibility index (Phi) is 6.76. The van der Waals surface area contributed by atoms with Gasteiger partial charge in [0.2, 0.25) is 15.9 Å². The Morgan fingerprint density at radius 2 is 1.48 bits per heavy atom. The number of amides is 1. The van der Waals surface area contributed by atoms with Gasteiger partial charge in [0, 0.05) is 44.6 Å². The molecule has 29 heavy (non-hydrogen) atoms. The third kappa shape index (κ3) is 5.71. The molecule has 0 radical (unpaired) electrons. The van der Waals surface area contributed by atoms with E-state index in [1.54, 1.807) is 29.2 Å². The van der Waals surface area contributed by atoms with Crippen molar-refractivity contribution in [2.24, 2.45) is 0 Å². The molecular formula is C21H23FN2O4S. The zero-order chi connectivity index (χ0) is 20.9. The smallest absolute Gasteiger partial charge is 0.223 e. The summed E-state index contributed by atoms with van der Waals surface area (Å²) in [7, 11) is -3.44. The van der Waals surface area contributed by atoms with Gasteiger partial charge in [-0.3, -0.25) is 9.59 Å². The predicted octanol–water partition coefficient (Wildman–Crippen LogP) is 2.46. The topological polar surface area (TPSA) is 74.8 Å². The summed E-state index contributed by atoms with van der Waals surface area (Å²) >= 11 is 0. The number of rotatable bonds is 7. The molecule has 1 fully saturated rings. The molecule has 0 aliphatic carbocycles. The van der Waals surface area contributed by atoms with Gasteiger partial charge in [-0.05, 0) is 29.8 Å². The fourth-order valence-electron chi connectivity index (χ4n) is 3.25. The summed E-state index contributed by atoms with van der Waals surface area (Å²) in [5.74, 6) is -0.880. The molecule has 1 amide bonds. The van der Waals surface area contributed by atoms with Crippen molar-refractivity contribution in [1.29, 1.82) is 0 Å². The van der Waals surface area contributed by atoms with Crippen molar-refractivity contribution in [2.45, 2.75) is 18.6 Å². The number of halogens is 1. The van der Waals surface area contributed by atoms with Crippen molar-refractivity contribution in [3.05, 3.63) is 71.5 Å². The largest absolute Gasteiger partial charge is 0.340 e. The molecule has 8 heteroatoms. The Bertz CT molecular complexity index is 954. The van der Waals surface area contributed by atoms with Crippen molar-refractivity contribution < 1.29 is 22.4 Å². The second-order valence-electron chi connectivity index (χ2n) is 6.95. The van der Waals surface area contributed by atoms with E-state index in [4.69, 9.17) is 0 Å². The lowest BCUT2D eigenvalue weighted by atomic mass is 10.1. The van der Waals surface area contributed by atoms with E-state index in [9.17, 15) is 22.4 Å². The summed E-state index contributed by atoms with van der Waals surface area (Å²) in [6.45, 7) is 1.09. The molecule has 0 unspecified atom stereocenters. The minimum absolute atomic E-state index is 0.0387. The maximum atomic E-state index is 12.9. The van der Waals surface area contributed by atoms with Crippen LogP contribution in [0.1, 0.15) is 28.8 Å². The van der Waals surface area contributed by atoms with Gasteiger partial charge in [0.15, 0.2) is 5.78 Å². The number of sulfonamides is 1. The van der Waals surface area contributed by atoms with E-state index in [1.165, 1.54) is 28.6 Å². The van der Waals surface area contributed by atoms with E-state index >= 15 is 0 Å². The Labute approximate surface area is 170 Å². The highest BCUT2D eigenvalue weighted by Crippen LogP contribution is 2.15. The van der Waals surface area contributed by atoms with E-state index in [0.29, 0.717) is 18.7 Å². The van der Waals surface area contributed by atoms with Gasteiger partial charge in [0.1, 0.15) is 5.82 Å². The first-order chi connectivity index (χ1) is 13.8. The van der Waals surface area contributed by atoms with Gasteiger partial charge in [-0.25, -0.2) is 12.8 Å². The van der Waals surface area contributed by atoms with E-state index in [1.807, 2.05) is 6.07 Å². The predicted molar refractivity (Wildman–Crippen MR) is 107 cm³/mol. The van der Waals surface area contributed by atoms with Gasteiger partial charge in [0.05, 0.1) is 5.75 Å². The van der Waals surface area contributed by atoms with Crippen LogP contribution in [-0.4, -0.2) is 55.5 Å². The van der Waals surface area contributed by atoms with Crippen molar-refractivity contribution >= 4 is 21.7 Å². The minimum Gasteiger partial charge on any atom is -0.340 e. The number of piperazine rings is 1. The van der Waals surface area contributed by atoms with Crippen molar-refractivity contribution in [3.8, 4) is 0 Å². The molecular weight excluding hydrogens is 395 g/mol. The van der Waals surface area contributed by atoms with Gasteiger partial charge in [0.25, 0.3) is 0 Å². The van der Waals surface area contributed by atoms with Crippen LogP contribution in [0.25, 0.3) is 0 Å². The van der Waals surface area contributed by atoms with Crippen LogP contribution in [-0.2, 0) is 20.6 Å². The number of benzene rings is 2. The SMILES string of the molecule is O=C(CCC(=O)N1CCN(S(=O)(=O)Cc2ccccc2)CC1)c1ccc(F)cc1. The van der Waals surface area contributed by atoms with Crippen LogP contribution in [0.2, 0.25) is 0 Å². The van der Waals surface area contributed by atoms with Crippen molar-refractivity contribution in [3.63, 3.8) is 0 Å². The number of hydrogen-bond donors (Lipinski definition) is 0. The van der Waals surface area contributed by atoms with Crippen molar-refractivity contribution in [1.82, 2.24) is 9.21 Å². The third-order valence-electron chi connectivity index (χ3n) is 4.91. The van der Waals surface area contributed by atoms with E-state index in [0.717, 1.165) is 5.56 Å². The fourth-order valence-corrected chi connectivity index (χ4v) is 4.77. The van der Waals surface area contributed by atoms with E-state index in [2.05, 4.69) is 0 Å². The Morgan fingerprint density at radius 3 is 2.10 bits per heavy atom. The van der Waals surface area contributed by atoms with Crippen LogP contribution in [0.5, 0.6) is 0 Å². The molecule has 3 rings (SSSR count). The minimum atomic E-state index is -3.44. The molecule has 0 atom stereocenters. The number of carbonyl (C=O) groups is 2. The summed E-state index contributed by atoms with van der Waals surface area (Å²) in [5.41, 5.74) is 1.10. The average molecular weight is 418 g/mol. The van der Waals surface area contributed by atoms with Crippen LogP contribution in [0, 0.1) is 5.82 Å². The fraction of sp³-hybridized carbons (Fsp3) is 0.333. The summed E-state index contributed by atoms with van der Waals surface area (Å²) in [4.78, 5) is 26.1. The lowest BCUT2D eigenvalue weighted by Crippen LogP contribution is -2.50. The maximum absolute atomic E-state index is 12.9. The molecule has 0 bridgehead atoms. The lowest BCUT2D eigenvalue weighted by Gasteiger charge is -2.34. The van der Waals surface area contributed by atoms with Gasteiger partial charge in [-0.2, -0.15) is 4.31 Å². The number of Topliss-reactive ketones (excluding diaryl/α,β-unsaturated/α-hetero) is 1. The first-order valence-electron chi connectivity index (χ1n) is 9.43. The molecule has 0 N–H and O–H groups in total. The van der Waals surface area contributed by atoms with E-state index in [-0.39, 0.29) is 43.4 Å². The molecule has 1 saturated heterocycles. The molecule has 154 valence electrons. The quantitative estimate of drug-likeness (QED) is 0.648. The standard InChI is InChI=1S/C21H23FN2O4S/c22-19-8-6-18(7-9-19)20(25)10-11-21(26)23-12-14-24(15-13-23)29(27,28)16-17-4-2-1-3-5-17/h1-9H,10-16H2. The third-order valence-corrected chi connectivity index (χ3v) is 6.76. The Hall–Kier alpha value is -2.58. The number of ketones is 1. The van der Waals surface area contributed by atoms with Crippen LogP contribution < -0.4 is 0 Å². The van der Waals surface area contributed by atoms with Crippen molar-refractivity contribution in [2.75, 3.05) is 26.2 Å². The number of hydrogen-bond acceptors (Lipinski definition) is 4. The van der Waals surface area contributed by atoms with Gasteiger partial charge < -0.3 is 4.90 Å². The van der Waals surface area contributed by atoms with Gasteiger partial charge in [-0.15, -0.1) is 0 Å². The first-order valence-corrected chi connectivity index (χ1v) is 11.0. The Morgan fingerprint density at radius 1 is 0.862 bits per heavy atom. The van der Waals surface area contributed by atoms with Crippen LogP contribution in [0.3, 0.4) is 0 Å². The monoisotopic (exact) mass is 418 g/mol. The molecule has 0 saturated carbocycles. The van der Waals surface area contributed by atoms with Gasteiger partial charge in [-0.1, -0.05) is 30.3 Å². The highest BCUT2D eigenvalue weighted by atomic mass is 32.2. The highest BCUT2D eigenvalue weighted by molar-refractivity contribution is 7.88. The Balaban J connectivity index is 1.47. The van der Waals surface area contributed by atoms with Crippen LogP contribution >= 0.6 is 0 Å². The molecule has 1 aliphatic heterocycles. The number of carbonyl (C=O) groups excluding carboxylic acids is 2. The zero-order valence-electron chi connectivity index (χ0n) is 16.0. The lowest BCUT2D eigenvalue weighted by molar-refractivity contribution is -0.132. The normalized spacial score (nSPS) is 15.3. The zero-order valence-corrected chi connectivity index (χ0v) is 16.8. The second kappa shape index (κ2) is 9.28. The van der Waals surface area contributed by atoms with Gasteiger partial charge >= 0.3 is 0 Å². The molecule has 2 aromatic carbocycles. The summed E-state index contributed by atoms with van der Waals surface area (Å²) in [6, 6.07) is 14.2. The molecule has 2 aromatic rings. The highest BCUT2D eigenvalue weighted by Gasteiger charge is 2.29. The first kappa shape index (κ1) is 21.1. The summed E-state index contributed by atoms with van der Waals surface area (Å²) < 4.78 is 39.5. The van der Waals surface area contributed by atoms with Crippen LogP contribution in [0.15, 0.2) is 54.6 Å². The molecule has 0 aromatic heterocycles. The average Bonchev–Trinajstić information content (AvgIpc) is 2.73. The molecule has 6 nitrogen and oxygen atoms in total. The van der Waals surface area contributed by atoms with Crippen LogP contribution in [0.4, 0.5) is 4.39 Å². The molecule has 1 aliphatic rings. The number of nitrogens with zero attached hydrogens (tertiary/aromatic N) is 2. The molecule has 1 heterocycles. The summed E-state index contributed by atoms with van der Waals surface area (Å²) in [6.07, 6.45) is 0.0873. The van der Waals surface area contributed by atoms with E-state index < -0.39 is 15.8 Å². The second-order valence-corrected chi connectivity index (χ2v) is 8.92.